The lowest BCUT2D eigenvalue weighted by Crippen LogP contribution is -2.00. The third kappa shape index (κ3) is 4.16. The normalized spacial score (nSPS) is 10.9. The third-order valence-corrected chi connectivity index (χ3v) is 3.26. The molecule has 0 N–H and O–H groups in total. The summed E-state index contributed by atoms with van der Waals surface area (Å²) in [4.78, 5) is 11.7. The van der Waals surface area contributed by atoms with Crippen molar-refractivity contribution in [2.45, 2.75) is 6.61 Å². The van der Waals surface area contributed by atoms with Crippen LogP contribution >= 0.6 is 0 Å². The summed E-state index contributed by atoms with van der Waals surface area (Å²) < 4.78 is 23.2. The Kier molecular flexibility index (Phi) is 4.81. The molecule has 3 aromatic rings. The average Bonchev–Trinajstić information content (AvgIpc) is 3.09. The SMILES string of the molecule is O=C(/C=C\c1ccccc1)OCc1cc(-c2ccc(F)cc2)on1. The third-order valence-electron chi connectivity index (χ3n) is 3.26. The zero-order valence-corrected chi connectivity index (χ0v) is 12.7. The minimum atomic E-state index is -0.467. The Morgan fingerprint density at radius 1 is 1.12 bits per heavy atom. The molecule has 0 bridgehead atoms. The van der Waals surface area contributed by atoms with Crippen LogP contribution in [0.5, 0.6) is 0 Å². The number of esters is 1. The first-order chi connectivity index (χ1) is 11.7. The molecule has 0 saturated heterocycles. The highest BCUT2D eigenvalue weighted by Crippen LogP contribution is 2.20. The predicted octanol–water partition coefficient (Wildman–Crippen LogP) is 4.24. The lowest BCUT2D eigenvalue weighted by molar-refractivity contribution is -0.139. The molecule has 1 heterocycles. The number of ether oxygens (including phenoxy) is 1. The van der Waals surface area contributed by atoms with Crippen LogP contribution in [0.2, 0.25) is 0 Å². The van der Waals surface area contributed by atoms with Gasteiger partial charge in [-0.25, -0.2) is 9.18 Å². The highest BCUT2D eigenvalue weighted by Gasteiger charge is 2.08. The van der Waals surface area contributed by atoms with E-state index in [1.54, 1.807) is 24.3 Å². The van der Waals surface area contributed by atoms with Crippen LogP contribution < -0.4 is 0 Å². The first kappa shape index (κ1) is 15.7. The fourth-order valence-electron chi connectivity index (χ4n) is 2.05. The molecule has 0 fully saturated rings. The number of rotatable bonds is 5. The molecule has 2 aromatic carbocycles. The average molecular weight is 323 g/mol. The number of benzene rings is 2. The summed E-state index contributed by atoms with van der Waals surface area (Å²) in [6, 6.07) is 17.0. The highest BCUT2D eigenvalue weighted by molar-refractivity contribution is 5.87. The van der Waals surface area contributed by atoms with Gasteiger partial charge < -0.3 is 9.26 Å². The van der Waals surface area contributed by atoms with Gasteiger partial charge in [-0.2, -0.15) is 0 Å². The van der Waals surface area contributed by atoms with E-state index >= 15 is 0 Å². The lowest BCUT2D eigenvalue weighted by atomic mass is 10.1. The summed E-state index contributed by atoms with van der Waals surface area (Å²) in [6.07, 6.45) is 3.03. The van der Waals surface area contributed by atoms with Gasteiger partial charge in [0.15, 0.2) is 5.76 Å². The van der Waals surface area contributed by atoms with Crippen LogP contribution in [0.15, 0.2) is 71.3 Å². The van der Waals surface area contributed by atoms with Crippen molar-refractivity contribution in [3.63, 3.8) is 0 Å². The number of halogens is 1. The van der Waals surface area contributed by atoms with Gasteiger partial charge in [0.25, 0.3) is 0 Å². The second kappa shape index (κ2) is 7.37. The van der Waals surface area contributed by atoms with E-state index in [1.165, 1.54) is 18.2 Å². The zero-order chi connectivity index (χ0) is 16.8. The minimum Gasteiger partial charge on any atom is -0.456 e. The molecule has 0 atom stereocenters. The Morgan fingerprint density at radius 3 is 2.62 bits per heavy atom. The summed E-state index contributed by atoms with van der Waals surface area (Å²) >= 11 is 0. The number of hydrogen-bond acceptors (Lipinski definition) is 4. The van der Waals surface area contributed by atoms with Crippen LogP contribution in [0.3, 0.4) is 0 Å². The first-order valence-electron chi connectivity index (χ1n) is 7.32. The molecule has 0 amide bonds. The van der Waals surface area contributed by atoms with Gasteiger partial charge in [0, 0.05) is 17.7 Å². The van der Waals surface area contributed by atoms with Crippen molar-refractivity contribution in [1.29, 1.82) is 0 Å². The van der Waals surface area contributed by atoms with Crippen LogP contribution in [-0.4, -0.2) is 11.1 Å². The van der Waals surface area contributed by atoms with Gasteiger partial charge in [-0.1, -0.05) is 35.5 Å². The molecule has 0 aliphatic heterocycles. The number of carbonyl (C=O) groups excluding carboxylic acids is 1. The second-order valence-corrected chi connectivity index (χ2v) is 5.04. The van der Waals surface area contributed by atoms with Gasteiger partial charge >= 0.3 is 5.97 Å². The smallest absolute Gasteiger partial charge is 0.331 e. The number of carbonyl (C=O) groups is 1. The van der Waals surface area contributed by atoms with Gasteiger partial charge in [0.05, 0.1) is 0 Å². The van der Waals surface area contributed by atoms with Crippen LogP contribution in [0, 0.1) is 5.82 Å². The molecule has 120 valence electrons. The fraction of sp³-hybridized carbons (Fsp3) is 0.0526. The highest BCUT2D eigenvalue weighted by atomic mass is 19.1. The molecule has 24 heavy (non-hydrogen) atoms. The van der Waals surface area contributed by atoms with Crippen LogP contribution in [0.25, 0.3) is 17.4 Å². The molecule has 0 radical (unpaired) electrons. The van der Waals surface area contributed by atoms with Crippen molar-refractivity contribution in [1.82, 2.24) is 5.16 Å². The van der Waals surface area contributed by atoms with E-state index in [0.717, 1.165) is 5.56 Å². The monoisotopic (exact) mass is 323 g/mol. The van der Waals surface area contributed by atoms with E-state index in [2.05, 4.69) is 5.16 Å². The van der Waals surface area contributed by atoms with Crippen LogP contribution in [0.4, 0.5) is 4.39 Å². The summed E-state index contributed by atoms with van der Waals surface area (Å²) in [5.41, 5.74) is 2.09. The van der Waals surface area contributed by atoms with Crippen molar-refractivity contribution in [2.24, 2.45) is 0 Å². The minimum absolute atomic E-state index is 0.00264. The maximum absolute atomic E-state index is 12.9. The Morgan fingerprint density at radius 2 is 1.88 bits per heavy atom. The first-order valence-corrected chi connectivity index (χ1v) is 7.32. The van der Waals surface area contributed by atoms with Gasteiger partial charge in [-0.15, -0.1) is 0 Å². The standard InChI is InChI=1S/C19H14FNO3/c20-16-9-7-15(8-10-16)18-12-17(21-24-18)13-23-19(22)11-6-14-4-2-1-3-5-14/h1-12H,13H2/b11-6-. The van der Waals surface area contributed by atoms with Crippen molar-refractivity contribution < 1.29 is 18.4 Å². The summed E-state index contributed by atoms with van der Waals surface area (Å²) in [5.74, 6) is -0.302. The van der Waals surface area contributed by atoms with Crippen LogP contribution in [0.1, 0.15) is 11.3 Å². The summed E-state index contributed by atoms with van der Waals surface area (Å²) in [5, 5.41) is 3.84. The fourth-order valence-corrected chi connectivity index (χ4v) is 2.05. The van der Waals surface area contributed by atoms with E-state index < -0.39 is 5.97 Å². The van der Waals surface area contributed by atoms with Crippen molar-refractivity contribution in [2.75, 3.05) is 0 Å². The summed E-state index contributed by atoms with van der Waals surface area (Å²) in [6.45, 7) is 0.00264. The Labute approximate surface area is 138 Å². The quantitative estimate of drug-likeness (QED) is 0.520. The maximum Gasteiger partial charge on any atom is 0.331 e. The van der Waals surface area contributed by atoms with E-state index in [0.29, 0.717) is 17.0 Å². The Hall–Kier alpha value is -3.21. The van der Waals surface area contributed by atoms with Gasteiger partial charge in [0.2, 0.25) is 0 Å². The number of nitrogens with zero attached hydrogens (tertiary/aromatic N) is 1. The van der Waals surface area contributed by atoms with Crippen molar-refractivity contribution >= 4 is 12.0 Å². The van der Waals surface area contributed by atoms with E-state index in [4.69, 9.17) is 9.26 Å². The van der Waals surface area contributed by atoms with Crippen molar-refractivity contribution in [3.8, 4) is 11.3 Å². The molecule has 0 unspecified atom stereocenters. The Balaban J connectivity index is 1.56. The lowest BCUT2D eigenvalue weighted by Gasteiger charge is -1.97. The largest absolute Gasteiger partial charge is 0.456 e. The Bertz CT molecular complexity index is 839. The van der Waals surface area contributed by atoms with Gasteiger partial charge in [-0.05, 0) is 35.9 Å². The second-order valence-electron chi connectivity index (χ2n) is 5.04. The van der Waals surface area contributed by atoms with Gasteiger partial charge in [0.1, 0.15) is 18.1 Å². The molecule has 4 nitrogen and oxygen atoms in total. The molecule has 0 saturated carbocycles. The predicted molar refractivity (Wildman–Crippen MR) is 87.2 cm³/mol. The molecule has 3 rings (SSSR count). The molecular weight excluding hydrogens is 309 g/mol. The van der Waals surface area contributed by atoms with E-state index in [9.17, 15) is 9.18 Å². The van der Waals surface area contributed by atoms with E-state index in [1.807, 2.05) is 30.3 Å². The van der Waals surface area contributed by atoms with Crippen molar-refractivity contribution in [3.05, 3.63) is 83.8 Å². The zero-order valence-electron chi connectivity index (χ0n) is 12.7. The molecule has 1 aromatic heterocycles. The number of aromatic nitrogens is 1. The van der Waals surface area contributed by atoms with E-state index in [-0.39, 0.29) is 12.4 Å². The topological polar surface area (TPSA) is 52.3 Å². The molecule has 0 aliphatic rings. The molecule has 5 heteroatoms. The molecular formula is C19H14FNO3. The molecule has 0 aliphatic carbocycles. The molecule has 0 spiro atoms. The summed E-state index contributed by atoms with van der Waals surface area (Å²) in [7, 11) is 0. The number of hydrogen-bond donors (Lipinski definition) is 0. The maximum atomic E-state index is 12.9. The van der Waals surface area contributed by atoms with Gasteiger partial charge in [-0.3, -0.25) is 0 Å². The van der Waals surface area contributed by atoms with Crippen LogP contribution in [-0.2, 0) is 16.1 Å².